The minimum absolute atomic E-state index is 0.0498. The molecule has 0 N–H and O–H groups in total. The standard InChI is InChI=1S/C29H23N7O3S/c1-19(22-14-12-21(17-30)13-15-22)32-34-26(23-8-7-11-25(16-23)36(38)39)18-40-29(34)31-27-20(2)33(3)35(28(27)37)24-9-5-4-6-10-24/h4-16,18H,1-3H3. The van der Waals surface area contributed by atoms with E-state index in [1.807, 2.05) is 44.2 Å². The maximum absolute atomic E-state index is 13.5. The zero-order valence-electron chi connectivity index (χ0n) is 21.8. The average Bonchev–Trinajstić information content (AvgIpc) is 3.46. The van der Waals surface area contributed by atoms with E-state index in [0.29, 0.717) is 38.7 Å². The number of nitro benzene ring substituents is 1. The van der Waals surface area contributed by atoms with Crippen LogP contribution >= 0.6 is 11.3 Å². The van der Waals surface area contributed by atoms with E-state index in [1.165, 1.54) is 23.5 Å². The van der Waals surface area contributed by atoms with Crippen molar-refractivity contribution in [2.75, 3.05) is 0 Å². The maximum Gasteiger partial charge on any atom is 0.297 e. The smallest absolute Gasteiger partial charge is 0.283 e. The Kier molecular flexibility index (Phi) is 7.09. The molecule has 3 aromatic carbocycles. The number of hydrogen-bond acceptors (Lipinski definition) is 7. The van der Waals surface area contributed by atoms with Crippen molar-refractivity contribution in [2.24, 2.45) is 17.1 Å². The Hall–Kier alpha value is -5.34. The molecule has 0 saturated carbocycles. The van der Waals surface area contributed by atoms with Crippen molar-refractivity contribution in [3.05, 3.63) is 126 Å². The Balaban J connectivity index is 1.73. The number of hydrogen-bond donors (Lipinski definition) is 0. The molecule has 0 unspecified atom stereocenters. The Morgan fingerprint density at radius 1 is 1.05 bits per heavy atom. The molecule has 0 spiro atoms. The number of aromatic nitrogens is 3. The minimum Gasteiger partial charge on any atom is -0.283 e. The first kappa shape index (κ1) is 26.3. The van der Waals surface area contributed by atoms with Crippen LogP contribution in [-0.2, 0) is 7.05 Å². The van der Waals surface area contributed by atoms with Crippen molar-refractivity contribution >= 4 is 28.4 Å². The van der Waals surface area contributed by atoms with E-state index in [9.17, 15) is 14.9 Å². The summed E-state index contributed by atoms with van der Waals surface area (Å²) in [4.78, 5) is 29.7. The molecule has 0 fully saturated rings. The van der Waals surface area contributed by atoms with Gasteiger partial charge >= 0.3 is 0 Å². The number of rotatable bonds is 6. The van der Waals surface area contributed by atoms with Gasteiger partial charge in [-0.1, -0.05) is 42.5 Å². The fraction of sp³-hybridized carbons (Fsp3) is 0.103. The summed E-state index contributed by atoms with van der Waals surface area (Å²) in [5.41, 5.74) is 4.41. The van der Waals surface area contributed by atoms with Crippen LogP contribution in [0.15, 0.2) is 99.1 Å². The summed E-state index contributed by atoms with van der Waals surface area (Å²) in [7, 11) is 1.80. The van der Waals surface area contributed by atoms with E-state index in [0.717, 1.165) is 5.56 Å². The highest BCUT2D eigenvalue weighted by atomic mass is 32.1. The lowest BCUT2D eigenvalue weighted by Gasteiger charge is -2.07. The first-order valence-corrected chi connectivity index (χ1v) is 13.1. The highest BCUT2D eigenvalue weighted by Gasteiger charge is 2.18. The fourth-order valence-corrected chi connectivity index (χ4v) is 5.06. The highest BCUT2D eigenvalue weighted by Crippen LogP contribution is 2.25. The molecule has 0 atom stereocenters. The molecule has 0 aliphatic rings. The first-order valence-electron chi connectivity index (χ1n) is 12.2. The summed E-state index contributed by atoms with van der Waals surface area (Å²) >= 11 is 1.27. The van der Waals surface area contributed by atoms with Gasteiger partial charge in [-0.25, -0.2) is 14.4 Å². The monoisotopic (exact) mass is 549 g/mol. The summed E-state index contributed by atoms with van der Waals surface area (Å²) in [5.74, 6) is 0. The lowest BCUT2D eigenvalue weighted by atomic mass is 10.1. The van der Waals surface area contributed by atoms with E-state index in [1.54, 1.807) is 62.9 Å². The summed E-state index contributed by atoms with van der Waals surface area (Å²) in [6, 6.07) is 24.7. The van der Waals surface area contributed by atoms with Gasteiger partial charge in [0, 0.05) is 30.1 Å². The largest absolute Gasteiger partial charge is 0.297 e. The Bertz CT molecular complexity index is 1940. The molecule has 2 heterocycles. The van der Waals surface area contributed by atoms with E-state index >= 15 is 0 Å². The third-order valence-corrected chi connectivity index (χ3v) is 7.27. The molecule has 10 nitrogen and oxygen atoms in total. The lowest BCUT2D eigenvalue weighted by Crippen LogP contribution is -2.20. The van der Waals surface area contributed by atoms with Crippen molar-refractivity contribution in [3.63, 3.8) is 0 Å². The van der Waals surface area contributed by atoms with Crippen LogP contribution in [0, 0.1) is 28.4 Å². The van der Waals surface area contributed by atoms with Crippen LogP contribution < -0.4 is 10.4 Å². The molecule has 0 saturated heterocycles. The lowest BCUT2D eigenvalue weighted by molar-refractivity contribution is -0.384. The van der Waals surface area contributed by atoms with Gasteiger partial charge in [0.15, 0.2) is 5.69 Å². The Labute approximate surface area is 232 Å². The quantitative estimate of drug-likeness (QED) is 0.162. The SMILES string of the molecule is CC(=Nn1c(-c2cccc([N+](=O)[O-])c2)csc1=Nc1c(C)n(C)n(-c2ccccc2)c1=O)c1ccc(C#N)cc1. The third kappa shape index (κ3) is 4.91. The molecule has 2 aromatic heterocycles. The molecule has 0 bridgehead atoms. The van der Waals surface area contributed by atoms with Crippen LogP contribution in [0.5, 0.6) is 0 Å². The molecule has 0 radical (unpaired) electrons. The Morgan fingerprint density at radius 2 is 1.77 bits per heavy atom. The Morgan fingerprint density at radius 3 is 2.45 bits per heavy atom. The third-order valence-electron chi connectivity index (χ3n) is 6.45. The molecule has 11 heteroatoms. The predicted molar refractivity (Wildman–Crippen MR) is 154 cm³/mol. The molecule has 0 aliphatic heterocycles. The molecular formula is C29H23N7O3S. The van der Waals surface area contributed by atoms with Crippen LogP contribution in [0.4, 0.5) is 11.4 Å². The second kappa shape index (κ2) is 10.8. The normalized spacial score (nSPS) is 11.9. The van der Waals surface area contributed by atoms with Gasteiger partial charge in [0.05, 0.1) is 39.3 Å². The second-order valence-electron chi connectivity index (χ2n) is 8.92. The van der Waals surface area contributed by atoms with E-state index in [4.69, 9.17) is 15.4 Å². The number of nitro groups is 1. The summed E-state index contributed by atoms with van der Waals surface area (Å²) in [6.45, 7) is 3.65. The van der Waals surface area contributed by atoms with Crippen molar-refractivity contribution in [3.8, 4) is 23.0 Å². The topological polar surface area (TPSA) is 124 Å². The van der Waals surface area contributed by atoms with Crippen molar-refractivity contribution < 1.29 is 4.92 Å². The van der Waals surface area contributed by atoms with Crippen LogP contribution in [0.25, 0.3) is 16.9 Å². The summed E-state index contributed by atoms with van der Waals surface area (Å²) in [6.07, 6.45) is 0. The number of para-hydroxylation sites is 1. The zero-order chi connectivity index (χ0) is 28.4. The number of thiazole rings is 1. The van der Waals surface area contributed by atoms with Gasteiger partial charge in [0.1, 0.15) is 0 Å². The number of non-ortho nitro benzene ring substituents is 1. The van der Waals surface area contributed by atoms with Crippen LogP contribution in [0.1, 0.15) is 23.7 Å². The van der Waals surface area contributed by atoms with Gasteiger partial charge in [-0.3, -0.25) is 19.6 Å². The molecule has 40 heavy (non-hydrogen) atoms. The molecule has 5 rings (SSSR count). The predicted octanol–water partition coefficient (Wildman–Crippen LogP) is 5.30. The van der Waals surface area contributed by atoms with Gasteiger partial charge < -0.3 is 0 Å². The second-order valence-corrected chi connectivity index (χ2v) is 9.76. The molecule has 0 amide bonds. The zero-order valence-corrected chi connectivity index (χ0v) is 22.7. The van der Waals surface area contributed by atoms with Crippen molar-refractivity contribution in [2.45, 2.75) is 13.8 Å². The minimum atomic E-state index is -0.448. The van der Waals surface area contributed by atoms with Gasteiger partial charge in [0.25, 0.3) is 11.2 Å². The number of nitrogens with zero attached hydrogens (tertiary/aromatic N) is 7. The van der Waals surface area contributed by atoms with Crippen LogP contribution in [-0.4, -0.2) is 24.7 Å². The fourth-order valence-electron chi connectivity index (χ4n) is 4.22. The van der Waals surface area contributed by atoms with Crippen LogP contribution in [0.2, 0.25) is 0 Å². The van der Waals surface area contributed by atoms with Gasteiger partial charge in [0.2, 0.25) is 4.80 Å². The molecule has 198 valence electrons. The van der Waals surface area contributed by atoms with Gasteiger partial charge in [-0.05, 0) is 43.7 Å². The van der Waals surface area contributed by atoms with E-state index in [2.05, 4.69) is 6.07 Å². The molecule has 0 aliphatic carbocycles. The highest BCUT2D eigenvalue weighted by molar-refractivity contribution is 7.07. The van der Waals surface area contributed by atoms with Gasteiger partial charge in [-0.15, -0.1) is 11.3 Å². The number of benzene rings is 3. The summed E-state index contributed by atoms with van der Waals surface area (Å²) in [5, 5.41) is 27.2. The maximum atomic E-state index is 13.5. The van der Waals surface area contributed by atoms with Gasteiger partial charge in [-0.2, -0.15) is 10.4 Å². The first-order chi connectivity index (χ1) is 19.3. The van der Waals surface area contributed by atoms with E-state index < -0.39 is 4.92 Å². The van der Waals surface area contributed by atoms with Crippen molar-refractivity contribution in [1.29, 1.82) is 5.26 Å². The van der Waals surface area contributed by atoms with E-state index in [-0.39, 0.29) is 16.9 Å². The van der Waals surface area contributed by atoms with Crippen molar-refractivity contribution in [1.82, 2.24) is 14.0 Å². The average molecular weight is 550 g/mol. The number of nitriles is 1. The molecule has 5 aromatic rings. The summed E-state index contributed by atoms with van der Waals surface area (Å²) < 4.78 is 4.90. The van der Waals surface area contributed by atoms with Crippen LogP contribution in [0.3, 0.4) is 0 Å². The molecular weight excluding hydrogens is 526 g/mol.